The van der Waals surface area contributed by atoms with Gasteiger partial charge in [0.2, 0.25) is 0 Å². The van der Waals surface area contributed by atoms with Crippen LogP contribution in [-0.4, -0.2) is 17.9 Å². The number of rotatable bonds is 4. The van der Waals surface area contributed by atoms with E-state index in [2.05, 4.69) is 10.6 Å². The van der Waals surface area contributed by atoms with Crippen molar-refractivity contribution in [3.8, 4) is 0 Å². The third-order valence-electron chi connectivity index (χ3n) is 3.01. The minimum atomic E-state index is -0.329. The lowest BCUT2D eigenvalue weighted by Crippen LogP contribution is -2.30. The molecule has 0 spiro atoms. The van der Waals surface area contributed by atoms with Crippen LogP contribution >= 0.6 is 23.2 Å². The van der Waals surface area contributed by atoms with Crippen molar-refractivity contribution in [3.63, 3.8) is 0 Å². The lowest BCUT2D eigenvalue weighted by atomic mass is 10.1. The van der Waals surface area contributed by atoms with Gasteiger partial charge in [-0.2, -0.15) is 0 Å². The van der Waals surface area contributed by atoms with Crippen molar-refractivity contribution in [2.75, 3.05) is 5.32 Å². The summed E-state index contributed by atoms with van der Waals surface area (Å²) < 4.78 is 0. The zero-order chi connectivity index (χ0) is 17.0. The molecule has 120 valence electrons. The fraction of sp³-hybridized carbons (Fsp3) is 0.176. The standard InChI is InChI=1S/C17H16Cl2N2O2/c1-10(2)20-16(22)11-3-5-12(6-4-11)17(23)21-15-9-13(18)7-8-14(15)19/h3-10H,1-2H3,(H,20,22)(H,21,23). The summed E-state index contributed by atoms with van der Waals surface area (Å²) in [6.07, 6.45) is 0. The molecule has 0 aliphatic heterocycles. The Hall–Kier alpha value is -2.04. The quantitative estimate of drug-likeness (QED) is 0.859. The number of benzene rings is 2. The Morgan fingerprint density at radius 3 is 2.04 bits per heavy atom. The highest BCUT2D eigenvalue weighted by Gasteiger charge is 2.11. The topological polar surface area (TPSA) is 58.2 Å². The predicted octanol–water partition coefficient (Wildman–Crippen LogP) is 4.38. The fourth-order valence-electron chi connectivity index (χ4n) is 1.91. The number of halogens is 2. The molecule has 0 fully saturated rings. The molecule has 0 aromatic heterocycles. The lowest BCUT2D eigenvalue weighted by molar-refractivity contribution is 0.0941. The minimum Gasteiger partial charge on any atom is -0.350 e. The van der Waals surface area contributed by atoms with Crippen LogP contribution in [0, 0.1) is 0 Å². The summed E-state index contributed by atoms with van der Waals surface area (Å²) in [5, 5.41) is 6.36. The number of carbonyl (C=O) groups is 2. The molecule has 0 saturated carbocycles. The summed E-state index contributed by atoms with van der Waals surface area (Å²) in [6, 6.07) is 11.3. The maximum Gasteiger partial charge on any atom is 0.255 e. The molecule has 0 heterocycles. The maximum atomic E-state index is 12.2. The van der Waals surface area contributed by atoms with Crippen LogP contribution in [0.5, 0.6) is 0 Å². The van der Waals surface area contributed by atoms with E-state index in [1.807, 2.05) is 13.8 Å². The molecule has 0 aliphatic carbocycles. The Balaban J connectivity index is 2.11. The van der Waals surface area contributed by atoms with Gasteiger partial charge in [-0.15, -0.1) is 0 Å². The molecule has 0 bridgehead atoms. The van der Waals surface area contributed by atoms with Gasteiger partial charge >= 0.3 is 0 Å². The van der Waals surface area contributed by atoms with Crippen molar-refractivity contribution in [2.45, 2.75) is 19.9 Å². The van der Waals surface area contributed by atoms with Crippen LogP contribution in [0.15, 0.2) is 42.5 Å². The molecule has 2 aromatic rings. The Labute approximate surface area is 144 Å². The van der Waals surface area contributed by atoms with Crippen molar-refractivity contribution in [1.29, 1.82) is 0 Å². The average Bonchev–Trinajstić information content (AvgIpc) is 2.50. The zero-order valence-electron chi connectivity index (χ0n) is 12.7. The van der Waals surface area contributed by atoms with Crippen LogP contribution < -0.4 is 10.6 Å². The molecule has 2 amide bonds. The number of nitrogens with one attached hydrogen (secondary N) is 2. The van der Waals surface area contributed by atoms with E-state index in [0.717, 1.165) is 0 Å². The second-order valence-corrected chi connectivity index (χ2v) is 6.13. The predicted molar refractivity (Wildman–Crippen MR) is 93.5 cm³/mol. The smallest absolute Gasteiger partial charge is 0.255 e. The Bertz CT molecular complexity index is 728. The van der Waals surface area contributed by atoms with E-state index in [1.165, 1.54) is 0 Å². The highest BCUT2D eigenvalue weighted by Crippen LogP contribution is 2.25. The van der Waals surface area contributed by atoms with E-state index < -0.39 is 0 Å². The summed E-state index contributed by atoms with van der Waals surface area (Å²) in [4.78, 5) is 24.1. The van der Waals surface area contributed by atoms with Gasteiger partial charge in [0.1, 0.15) is 0 Å². The molecule has 0 radical (unpaired) electrons. The molecule has 0 aliphatic rings. The SMILES string of the molecule is CC(C)NC(=O)c1ccc(C(=O)Nc2cc(Cl)ccc2Cl)cc1. The van der Waals surface area contributed by atoms with E-state index in [9.17, 15) is 9.59 Å². The van der Waals surface area contributed by atoms with Crippen LogP contribution in [0.1, 0.15) is 34.6 Å². The van der Waals surface area contributed by atoms with Crippen molar-refractivity contribution < 1.29 is 9.59 Å². The monoisotopic (exact) mass is 350 g/mol. The Morgan fingerprint density at radius 1 is 0.913 bits per heavy atom. The summed E-state index contributed by atoms with van der Waals surface area (Å²) in [5.41, 5.74) is 1.35. The van der Waals surface area contributed by atoms with Crippen molar-refractivity contribution in [1.82, 2.24) is 5.32 Å². The molecular formula is C17H16Cl2N2O2. The first kappa shape index (κ1) is 17.3. The number of amides is 2. The molecule has 2 rings (SSSR count). The number of anilines is 1. The highest BCUT2D eigenvalue weighted by atomic mass is 35.5. The molecule has 2 N–H and O–H groups in total. The summed E-state index contributed by atoms with van der Waals surface area (Å²) >= 11 is 11.9. The largest absolute Gasteiger partial charge is 0.350 e. The maximum absolute atomic E-state index is 12.2. The second kappa shape index (κ2) is 7.49. The highest BCUT2D eigenvalue weighted by molar-refractivity contribution is 6.35. The summed E-state index contributed by atoms with van der Waals surface area (Å²) in [6.45, 7) is 3.77. The van der Waals surface area contributed by atoms with Gasteiger partial charge in [0.25, 0.3) is 11.8 Å². The van der Waals surface area contributed by atoms with Gasteiger partial charge < -0.3 is 10.6 Å². The van der Waals surface area contributed by atoms with E-state index in [0.29, 0.717) is 26.9 Å². The number of hydrogen-bond donors (Lipinski definition) is 2. The van der Waals surface area contributed by atoms with Gasteiger partial charge in [-0.3, -0.25) is 9.59 Å². The van der Waals surface area contributed by atoms with Gasteiger partial charge in [0.05, 0.1) is 10.7 Å². The first-order valence-electron chi connectivity index (χ1n) is 7.04. The van der Waals surface area contributed by atoms with Crippen molar-refractivity contribution >= 4 is 40.7 Å². The first-order chi connectivity index (χ1) is 10.9. The molecule has 4 nitrogen and oxygen atoms in total. The second-order valence-electron chi connectivity index (χ2n) is 5.28. The van der Waals surface area contributed by atoms with Gasteiger partial charge in [-0.25, -0.2) is 0 Å². The van der Waals surface area contributed by atoms with E-state index >= 15 is 0 Å². The lowest BCUT2D eigenvalue weighted by Gasteiger charge is -2.10. The number of hydrogen-bond acceptors (Lipinski definition) is 2. The third kappa shape index (κ3) is 4.71. The van der Waals surface area contributed by atoms with Crippen LogP contribution in [0.3, 0.4) is 0 Å². The van der Waals surface area contributed by atoms with E-state index in [-0.39, 0.29) is 17.9 Å². The number of carbonyl (C=O) groups excluding carboxylic acids is 2. The van der Waals surface area contributed by atoms with Crippen LogP contribution in [0.2, 0.25) is 10.0 Å². The molecule has 0 unspecified atom stereocenters. The van der Waals surface area contributed by atoms with Crippen molar-refractivity contribution in [3.05, 3.63) is 63.6 Å². The molecule has 6 heteroatoms. The molecule has 0 atom stereocenters. The van der Waals surface area contributed by atoms with Crippen LogP contribution in [0.4, 0.5) is 5.69 Å². The average molecular weight is 351 g/mol. The van der Waals surface area contributed by atoms with Crippen LogP contribution in [0.25, 0.3) is 0 Å². The van der Waals surface area contributed by atoms with Gasteiger partial charge in [0, 0.05) is 22.2 Å². The van der Waals surface area contributed by atoms with E-state index in [4.69, 9.17) is 23.2 Å². The van der Waals surface area contributed by atoms with Gasteiger partial charge in [-0.1, -0.05) is 23.2 Å². The van der Waals surface area contributed by atoms with Gasteiger partial charge in [0.15, 0.2) is 0 Å². The van der Waals surface area contributed by atoms with Crippen LogP contribution in [-0.2, 0) is 0 Å². The molecule has 0 saturated heterocycles. The third-order valence-corrected chi connectivity index (χ3v) is 3.57. The molecular weight excluding hydrogens is 335 g/mol. The summed E-state index contributed by atoms with van der Waals surface area (Å²) in [7, 11) is 0. The fourth-order valence-corrected chi connectivity index (χ4v) is 2.24. The molecule has 2 aromatic carbocycles. The Morgan fingerprint density at radius 2 is 1.48 bits per heavy atom. The van der Waals surface area contributed by atoms with Gasteiger partial charge in [-0.05, 0) is 56.3 Å². The zero-order valence-corrected chi connectivity index (χ0v) is 14.2. The normalized spacial score (nSPS) is 10.5. The summed E-state index contributed by atoms with van der Waals surface area (Å²) in [5.74, 6) is -0.505. The minimum absolute atomic E-state index is 0.0513. The van der Waals surface area contributed by atoms with E-state index in [1.54, 1.807) is 42.5 Å². The molecule has 23 heavy (non-hydrogen) atoms. The first-order valence-corrected chi connectivity index (χ1v) is 7.79. The van der Waals surface area contributed by atoms with Crippen molar-refractivity contribution in [2.24, 2.45) is 0 Å². The Kier molecular flexibility index (Phi) is 5.64.